The summed E-state index contributed by atoms with van der Waals surface area (Å²) in [5, 5.41) is 76.5. The van der Waals surface area contributed by atoms with Crippen molar-refractivity contribution in [2.75, 3.05) is 19.8 Å². The van der Waals surface area contributed by atoms with Crippen LogP contribution in [0.15, 0.2) is 0 Å². The third kappa shape index (κ3) is 3.23. The van der Waals surface area contributed by atoms with Crippen molar-refractivity contribution in [1.82, 2.24) is 0 Å². The third-order valence-corrected chi connectivity index (χ3v) is 3.92. The molecule has 2 saturated heterocycles. The SMILES string of the molecule is OC[C@H]1O[C@H](O[C@]2(CO)O[C@H](CO)[C@@H](O)[C@@H]2O)[C@H](O)[C@@H](O)[C]1O. The van der Waals surface area contributed by atoms with E-state index in [9.17, 15) is 30.6 Å². The second-order valence-corrected chi connectivity index (χ2v) is 5.40. The van der Waals surface area contributed by atoms with Crippen molar-refractivity contribution in [1.29, 1.82) is 0 Å². The van der Waals surface area contributed by atoms with E-state index in [1.807, 2.05) is 0 Å². The van der Waals surface area contributed by atoms with Crippen LogP contribution in [0.5, 0.6) is 0 Å². The Labute approximate surface area is 130 Å². The summed E-state index contributed by atoms with van der Waals surface area (Å²) in [6.07, 6.45) is -12.0. The lowest BCUT2D eigenvalue weighted by Crippen LogP contribution is -2.60. The van der Waals surface area contributed by atoms with E-state index >= 15 is 0 Å². The zero-order valence-electron chi connectivity index (χ0n) is 12.0. The second-order valence-electron chi connectivity index (χ2n) is 5.40. The van der Waals surface area contributed by atoms with Crippen LogP contribution in [0.3, 0.4) is 0 Å². The first-order chi connectivity index (χ1) is 10.8. The molecular weight excluding hydrogens is 320 g/mol. The molecule has 135 valence electrons. The zero-order chi connectivity index (χ0) is 17.4. The maximum Gasteiger partial charge on any atom is 0.224 e. The average Bonchev–Trinajstić information content (AvgIpc) is 2.80. The van der Waals surface area contributed by atoms with E-state index in [-0.39, 0.29) is 0 Å². The van der Waals surface area contributed by atoms with Gasteiger partial charge in [-0.05, 0) is 0 Å². The van der Waals surface area contributed by atoms with Gasteiger partial charge in [-0.15, -0.1) is 0 Å². The molecule has 11 heteroatoms. The molecular formula is C12H21O11. The first kappa shape index (κ1) is 18.9. The highest BCUT2D eigenvalue weighted by Crippen LogP contribution is 2.36. The lowest BCUT2D eigenvalue weighted by Gasteiger charge is -2.42. The van der Waals surface area contributed by atoms with Crippen molar-refractivity contribution in [2.45, 2.75) is 48.7 Å². The quantitative estimate of drug-likeness (QED) is 0.239. The average molecular weight is 341 g/mol. The fourth-order valence-electron chi connectivity index (χ4n) is 2.53. The lowest BCUT2D eigenvalue weighted by molar-refractivity contribution is -0.374. The number of aliphatic hydroxyl groups is 8. The van der Waals surface area contributed by atoms with Gasteiger partial charge in [-0.3, -0.25) is 0 Å². The number of hydrogen-bond donors (Lipinski definition) is 8. The van der Waals surface area contributed by atoms with Crippen LogP contribution >= 0.6 is 0 Å². The minimum absolute atomic E-state index is 0.673. The molecule has 2 fully saturated rings. The fourth-order valence-corrected chi connectivity index (χ4v) is 2.53. The molecule has 2 rings (SSSR count). The van der Waals surface area contributed by atoms with E-state index in [1.54, 1.807) is 0 Å². The van der Waals surface area contributed by atoms with Crippen molar-refractivity contribution in [2.24, 2.45) is 0 Å². The number of ether oxygens (including phenoxy) is 3. The Bertz CT molecular complexity index is 393. The van der Waals surface area contributed by atoms with Crippen molar-refractivity contribution in [3.05, 3.63) is 6.10 Å². The van der Waals surface area contributed by atoms with Crippen LogP contribution < -0.4 is 0 Å². The summed E-state index contributed by atoms with van der Waals surface area (Å²) in [7, 11) is 0. The first-order valence-corrected chi connectivity index (χ1v) is 6.93. The molecule has 2 aliphatic heterocycles. The molecule has 2 aliphatic rings. The molecule has 0 unspecified atom stereocenters. The Hall–Kier alpha value is -0.440. The number of hydrogen-bond acceptors (Lipinski definition) is 11. The van der Waals surface area contributed by atoms with Crippen LogP contribution in [0.25, 0.3) is 0 Å². The van der Waals surface area contributed by atoms with Gasteiger partial charge in [-0.25, -0.2) is 0 Å². The van der Waals surface area contributed by atoms with Gasteiger partial charge in [-0.2, -0.15) is 0 Å². The second kappa shape index (κ2) is 7.21. The molecule has 0 aromatic carbocycles. The van der Waals surface area contributed by atoms with Gasteiger partial charge in [-0.1, -0.05) is 0 Å². The van der Waals surface area contributed by atoms with Crippen LogP contribution in [-0.2, 0) is 14.2 Å². The Morgan fingerprint density at radius 2 is 1.65 bits per heavy atom. The summed E-state index contributed by atoms with van der Waals surface area (Å²) >= 11 is 0. The molecule has 0 spiro atoms. The Morgan fingerprint density at radius 1 is 1.00 bits per heavy atom. The summed E-state index contributed by atoms with van der Waals surface area (Å²) < 4.78 is 15.4. The minimum Gasteiger partial charge on any atom is -0.394 e. The number of rotatable bonds is 5. The number of aliphatic hydroxyl groups excluding tert-OH is 8. The predicted molar refractivity (Wildman–Crippen MR) is 67.8 cm³/mol. The van der Waals surface area contributed by atoms with Gasteiger partial charge in [0.1, 0.15) is 43.2 Å². The van der Waals surface area contributed by atoms with Crippen molar-refractivity contribution < 1.29 is 55.1 Å². The van der Waals surface area contributed by atoms with Crippen LogP contribution in [0.4, 0.5) is 0 Å². The lowest BCUT2D eigenvalue weighted by atomic mass is 9.99. The maximum atomic E-state index is 9.99. The topological polar surface area (TPSA) is 190 Å². The summed E-state index contributed by atoms with van der Waals surface area (Å²) in [4.78, 5) is 0. The van der Waals surface area contributed by atoms with E-state index in [4.69, 9.17) is 24.4 Å². The monoisotopic (exact) mass is 341 g/mol. The third-order valence-electron chi connectivity index (χ3n) is 3.92. The molecule has 8 atom stereocenters. The molecule has 0 bridgehead atoms. The maximum absolute atomic E-state index is 9.99. The molecule has 0 saturated carbocycles. The molecule has 0 amide bonds. The highest BCUT2D eigenvalue weighted by atomic mass is 16.8. The Balaban J connectivity index is 2.18. The zero-order valence-corrected chi connectivity index (χ0v) is 12.0. The van der Waals surface area contributed by atoms with Crippen LogP contribution in [0.2, 0.25) is 0 Å². The van der Waals surface area contributed by atoms with Gasteiger partial charge in [0, 0.05) is 0 Å². The molecule has 2 heterocycles. The fraction of sp³-hybridized carbons (Fsp3) is 0.917. The predicted octanol–water partition coefficient (Wildman–Crippen LogP) is -4.85. The molecule has 8 N–H and O–H groups in total. The summed E-state index contributed by atoms with van der Waals surface area (Å²) in [5.41, 5.74) is 0. The van der Waals surface area contributed by atoms with Gasteiger partial charge in [0.15, 0.2) is 12.4 Å². The standard InChI is InChI=1S/C12H21O11/c13-1-4-6(16)8(18)9(19)11(21-4)23-12(3-15)10(20)7(17)5(2-14)22-12/h4-5,7-11,13-20H,1-3H2/t4-,5-,7-,8+,9-,10+,11-,12+/m1/s1. The van der Waals surface area contributed by atoms with Gasteiger partial charge in [0.05, 0.1) is 13.2 Å². The van der Waals surface area contributed by atoms with Crippen molar-refractivity contribution >= 4 is 0 Å². The molecule has 0 aromatic rings. The molecule has 11 nitrogen and oxygen atoms in total. The van der Waals surface area contributed by atoms with Gasteiger partial charge >= 0.3 is 0 Å². The minimum atomic E-state index is -2.23. The Morgan fingerprint density at radius 3 is 2.13 bits per heavy atom. The van der Waals surface area contributed by atoms with E-state index < -0.39 is 74.6 Å². The van der Waals surface area contributed by atoms with Crippen molar-refractivity contribution in [3.8, 4) is 0 Å². The summed E-state index contributed by atoms with van der Waals surface area (Å²) in [6.45, 7) is -2.37. The van der Waals surface area contributed by atoms with Crippen LogP contribution in [0.1, 0.15) is 0 Å². The normalized spacial score (nSPS) is 48.8. The smallest absolute Gasteiger partial charge is 0.224 e. The largest absolute Gasteiger partial charge is 0.394 e. The highest BCUT2D eigenvalue weighted by molar-refractivity contribution is 5.03. The van der Waals surface area contributed by atoms with Crippen LogP contribution in [0, 0.1) is 6.10 Å². The van der Waals surface area contributed by atoms with E-state index in [0.717, 1.165) is 0 Å². The van der Waals surface area contributed by atoms with Gasteiger partial charge in [0.2, 0.25) is 5.79 Å². The first-order valence-electron chi connectivity index (χ1n) is 6.93. The van der Waals surface area contributed by atoms with Crippen molar-refractivity contribution in [3.63, 3.8) is 0 Å². The Kier molecular flexibility index (Phi) is 5.92. The summed E-state index contributed by atoms with van der Waals surface area (Å²) in [6, 6.07) is 0. The van der Waals surface area contributed by atoms with Gasteiger partial charge < -0.3 is 55.1 Å². The van der Waals surface area contributed by atoms with E-state index in [2.05, 4.69) is 0 Å². The summed E-state index contributed by atoms with van der Waals surface area (Å²) in [5.74, 6) is -2.23. The molecule has 23 heavy (non-hydrogen) atoms. The molecule has 0 aromatic heterocycles. The van der Waals surface area contributed by atoms with Crippen LogP contribution in [-0.4, -0.2) is 109 Å². The highest BCUT2D eigenvalue weighted by Gasteiger charge is 2.58. The molecule has 0 aliphatic carbocycles. The molecule has 1 radical (unpaired) electrons. The van der Waals surface area contributed by atoms with Gasteiger partial charge in [0.25, 0.3) is 0 Å². The van der Waals surface area contributed by atoms with E-state index in [1.165, 1.54) is 0 Å². The van der Waals surface area contributed by atoms with E-state index in [0.29, 0.717) is 0 Å².